The molecular formula is C21H19N5O3S. The van der Waals surface area contributed by atoms with E-state index < -0.39 is 5.25 Å². The quantitative estimate of drug-likeness (QED) is 0.482. The van der Waals surface area contributed by atoms with Crippen LogP contribution in [0.4, 0.5) is 5.69 Å². The number of benzene rings is 2. The first-order chi connectivity index (χ1) is 14.6. The number of amides is 1. The predicted molar refractivity (Wildman–Crippen MR) is 116 cm³/mol. The number of fused-ring (bicyclic) bond motifs is 1. The van der Waals surface area contributed by atoms with Crippen LogP contribution in [0.2, 0.25) is 0 Å². The number of aromatic nitrogens is 4. The van der Waals surface area contributed by atoms with Crippen LogP contribution in [0.3, 0.4) is 0 Å². The predicted octanol–water partition coefficient (Wildman–Crippen LogP) is 3.01. The Balaban J connectivity index is 1.52. The van der Waals surface area contributed by atoms with Gasteiger partial charge in [0, 0.05) is 23.8 Å². The number of anilines is 1. The number of carbonyl (C=O) groups is 1. The zero-order valence-corrected chi connectivity index (χ0v) is 17.2. The average Bonchev–Trinajstić information content (AvgIpc) is 3.18. The van der Waals surface area contributed by atoms with Gasteiger partial charge in [-0.3, -0.25) is 18.6 Å². The highest BCUT2D eigenvalue weighted by atomic mass is 32.2. The molecule has 4 aromatic rings. The summed E-state index contributed by atoms with van der Waals surface area (Å²) in [6, 6.07) is 16.4. The van der Waals surface area contributed by atoms with Crippen LogP contribution in [0.1, 0.15) is 6.92 Å². The van der Waals surface area contributed by atoms with Gasteiger partial charge in [-0.25, -0.2) is 0 Å². The summed E-state index contributed by atoms with van der Waals surface area (Å²) in [5.74, 6) is 0.533. The molecule has 152 valence electrons. The van der Waals surface area contributed by atoms with Gasteiger partial charge in [0.05, 0.1) is 12.4 Å². The fourth-order valence-electron chi connectivity index (χ4n) is 2.87. The molecule has 0 bridgehead atoms. The third kappa shape index (κ3) is 3.92. The normalized spacial score (nSPS) is 11.9. The molecule has 0 spiro atoms. The first kappa shape index (κ1) is 19.7. The van der Waals surface area contributed by atoms with Crippen molar-refractivity contribution in [3.63, 3.8) is 0 Å². The number of methoxy groups -OCH3 is 1. The molecule has 0 fully saturated rings. The summed E-state index contributed by atoms with van der Waals surface area (Å²) < 4.78 is 8.23. The van der Waals surface area contributed by atoms with Crippen molar-refractivity contribution in [2.45, 2.75) is 17.3 Å². The Labute approximate surface area is 176 Å². The van der Waals surface area contributed by atoms with Crippen molar-refractivity contribution in [1.82, 2.24) is 19.2 Å². The Morgan fingerprint density at radius 1 is 1.07 bits per heavy atom. The van der Waals surface area contributed by atoms with Crippen molar-refractivity contribution in [2.75, 3.05) is 12.4 Å². The van der Waals surface area contributed by atoms with E-state index in [1.165, 1.54) is 16.3 Å². The molecule has 0 saturated carbocycles. The monoisotopic (exact) mass is 421 g/mol. The van der Waals surface area contributed by atoms with Crippen LogP contribution >= 0.6 is 11.8 Å². The summed E-state index contributed by atoms with van der Waals surface area (Å²) in [7, 11) is 1.59. The fraction of sp³-hybridized carbons (Fsp3) is 0.143. The van der Waals surface area contributed by atoms with Crippen LogP contribution in [-0.2, 0) is 4.79 Å². The molecule has 2 aromatic heterocycles. The minimum Gasteiger partial charge on any atom is -0.497 e. The number of para-hydroxylation sites is 1. The third-order valence-electron chi connectivity index (χ3n) is 4.48. The zero-order chi connectivity index (χ0) is 21.1. The van der Waals surface area contributed by atoms with Crippen LogP contribution in [0.25, 0.3) is 11.3 Å². The summed E-state index contributed by atoms with van der Waals surface area (Å²) in [5, 5.41) is 11.0. The van der Waals surface area contributed by atoms with Crippen molar-refractivity contribution in [3.05, 3.63) is 77.3 Å². The van der Waals surface area contributed by atoms with Crippen LogP contribution in [0, 0.1) is 0 Å². The van der Waals surface area contributed by atoms with Gasteiger partial charge in [0.15, 0.2) is 5.16 Å². The van der Waals surface area contributed by atoms with Gasteiger partial charge >= 0.3 is 5.56 Å². The van der Waals surface area contributed by atoms with E-state index in [2.05, 4.69) is 15.5 Å². The highest BCUT2D eigenvalue weighted by Gasteiger charge is 2.19. The average molecular weight is 421 g/mol. The van der Waals surface area contributed by atoms with Gasteiger partial charge in [0.1, 0.15) is 5.75 Å². The molecule has 1 N–H and O–H groups in total. The first-order valence-corrected chi connectivity index (χ1v) is 10.1. The van der Waals surface area contributed by atoms with Crippen molar-refractivity contribution < 1.29 is 9.53 Å². The van der Waals surface area contributed by atoms with E-state index in [0.29, 0.717) is 16.6 Å². The maximum atomic E-state index is 12.8. The van der Waals surface area contributed by atoms with Gasteiger partial charge in [-0.2, -0.15) is 0 Å². The molecule has 9 heteroatoms. The minimum absolute atomic E-state index is 0.181. The fourth-order valence-corrected chi connectivity index (χ4v) is 3.70. The maximum absolute atomic E-state index is 12.8. The van der Waals surface area contributed by atoms with Crippen LogP contribution in [0.15, 0.2) is 76.9 Å². The molecule has 0 radical (unpaired) electrons. The Morgan fingerprint density at radius 2 is 1.80 bits per heavy atom. The SMILES string of the molecule is COc1ccc(NC(=O)C(C)Sc2nnc3c(=O)n(-c4ccccc4)ccn23)cc1. The number of rotatable bonds is 6. The molecule has 1 unspecified atom stereocenters. The molecule has 0 saturated heterocycles. The highest BCUT2D eigenvalue weighted by Crippen LogP contribution is 2.23. The molecule has 0 aliphatic heterocycles. The topological polar surface area (TPSA) is 90.5 Å². The van der Waals surface area contributed by atoms with Gasteiger partial charge in [-0.15, -0.1) is 10.2 Å². The standard InChI is InChI=1S/C21H19N5O3S/c1-14(19(27)22-15-8-10-17(29-2)11-9-15)30-21-24-23-18-20(28)25(12-13-26(18)21)16-6-4-3-5-7-16/h3-14H,1-2H3,(H,22,27). The molecule has 4 rings (SSSR count). The molecule has 8 nitrogen and oxygen atoms in total. The lowest BCUT2D eigenvalue weighted by Gasteiger charge is -2.11. The van der Waals surface area contributed by atoms with Crippen LogP contribution in [0.5, 0.6) is 5.75 Å². The summed E-state index contributed by atoms with van der Waals surface area (Å²) >= 11 is 1.23. The van der Waals surface area contributed by atoms with Gasteiger partial charge in [-0.05, 0) is 43.3 Å². The second kappa shape index (κ2) is 8.42. The summed E-state index contributed by atoms with van der Waals surface area (Å²) in [4.78, 5) is 25.3. The largest absolute Gasteiger partial charge is 0.497 e. The molecule has 2 heterocycles. The molecule has 0 aliphatic carbocycles. The second-order valence-corrected chi connectivity index (χ2v) is 7.77. The zero-order valence-electron chi connectivity index (χ0n) is 16.4. The Hall–Kier alpha value is -3.59. The number of nitrogens with zero attached hydrogens (tertiary/aromatic N) is 4. The Morgan fingerprint density at radius 3 is 2.50 bits per heavy atom. The number of nitrogens with one attached hydrogen (secondary N) is 1. The van der Waals surface area contributed by atoms with Gasteiger partial charge in [0.25, 0.3) is 0 Å². The maximum Gasteiger partial charge on any atom is 0.300 e. The van der Waals surface area contributed by atoms with Crippen LogP contribution in [-0.4, -0.2) is 37.4 Å². The van der Waals surface area contributed by atoms with Gasteiger partial charge in [0.2, 0.25) is 11.6 Å². The molecule has 2 aromatic carbocycles. The highest BCUT2D eigenvalue weighted by molar-refractivity contribution is 8.00. The number of hydrogen-bond donors (Lipinski definition) is 1. The molecule has 0 aliphatic rings. The van der Waals surface area contributed by atoms with E-state index in [0.717, 1.165) is 5.69 Å². The number of ether oxygens (including phenoxy) is 1. The third-order valence-corrected chi connectivity index (χ3v) is 5.54. The van der Waals surface area contributed by atoms with E-state index in [9.17, 15) is 9.59 Å². The van der Waals surface area contributed by atoms with Gasteiger partial charge < -0.3 is 10.1 Å². The number of hydrogen-bond acceptors (Lipinski definition) is 6. The lowest BCUT2D eigenvalue weighted by molar-refractivity contribution is -0.115. The van der Waals surface area contributed by atoms with E-state index >= 15 is 0 Å². The van der Waals surface area contributed by atoms with Gasteiger partial charge in [-0.1, -0.05) is 30.0 Å². The minimum atomic E-state index is -0.448. The number of thioether (sulfide) groups is 1. The lowest BCUT2D eigenvalue weighted by Crippen LogP contribution is -2.23. The molecule has 30 heavy (non-hydrogen) atoms. The van der Waals surface area contributed by atoms with Crippen molar-refractivity contribution in [3.8, 4) is 11.4 Å². The van der Waals surface area contributed by atoms with E-state index in [1.807, 2.05) is 30.3 Å². The smallest absolute Gasteiger partial charge is 0.300 e. The molecule has 1 amide bonds. The molecule has 1 atom stereocenters. The molecular weight excluding hydrogens is 402 g/mol. The number of carbonyl (C=O) groups excluding carboxylic acids is 1. The van der Waals surface area contributed by atoms with E-state index in [4.69, 9.17) is 4.74 Å². The van der Waals surface area contributed by atoms with Crippen molar-refractivity contribution >= 4 is 29.0 Å². The summed E-state index contributed by atoms with van der Waals surface area (Å²) in [5.41, 5.74) is 1.34. The first-order valence-electron chi connectivity index (χ1n) is 9.20. The van der Waals surface area contributed by atoms with Crippen LogP contribution < -0.4 is 15.6 Å². The lowest BCUT2D eigenvalue weighted by atomic mass is 10.3. The summed E-state index contributed by atoms with van der Waals surface area (Å²) in [6.45, 7) is 1.77. The Kier molecular flexibility index (Phi) is 5.53. The van der Waals surface area contributed by atoms with E-state index in [1.54, 1.807) is 55.1 Å². The van der Waals surface area contributed by atoms with Crippen molar-refractivity contribution in [2.24, 2.45) is 0 Å². The van der Waals surface area contributed by atoms with Crippen molar-refractivity contribution in [1.29, 1.82) is 0 Å². The van der Waals surface area contributed by atoms with E-state index in [-0.39, 0.29) is 17.1 Å². The summed E-state index contributed by atoms with van der Waals surface area (Å²) in [6.07, 6.45) is 3.39. The second-order valence-electron chi connectivity index (χ2n) is 6.46. The Bertz CT molecular complexity index is 1240.